The Morgan fingerprint density at radius 3 is 2.73 bits per heavy atom. The topological polar surface area (TPSA) is 79.0 Å². The molecular formula is C22H25N3O4S. The van der Waals surface area contributed by atoms with Gasteiger partial charge in [0.05, 0.1) is 18.8 Å². The number of benzene rings is 1. The Kier molecular flexibility index (Phi) is 6.32. The van der Waals surface area contributed by atoms with Crippen LogP contribution < -0.4 is 15.0 Å². The molecule has 1 saturated carbocycles. The van der Waals surface area contributed by atoms with Crippen LogP contribution >= 0.6 is 11.3 Å². The summed E-state index contributed by atoms with van der Waals surface area (Å²) in [5, 5.41) is 4.98. The Labute approximate surface area is 179 Å². The van der Waals surface area contributed by atoms with E-state index in [1.807, 2.05) is 23.6 Å². The zero-order valence-corrected chi connectivity index (χ0v) is 17.5. The largest absolute Gasteiger partial charge is 0.482 e. The first-order chi connectivity index (χ1) is 14.6. The number of para-hydroxylation sites is 2. The molecule has 0 unspecified atom stereocenters. The minimum atomic E-state index is -0.270. The molecule has 3 amide bonds. The highest BCUT2D eigenvalue weighted by Gasteiger charge is 2.30. The lowest BCUT2D eigenvalue weighted by molar-refractivity contribution is -0.136. The summed E-state index contributed by atoms with van der Waals surface area (Å²) in [6.07, 6.45) is 4.23. The number of hydrogen-bond donors (Lipinski definition) is 1. The Bertz CT molecular complexity index is 909. The highest BCUT2D eigenvalue weighted by atomic mass is 32.1. The minimum Gasteiger partial charge on any atom is -0.482 e. The molecule has 1 fully saturated rings. The third-order valence-corrected chi connectivity index (χ3v) is 6.30. The number of hydrogen-bond acceptors (Lipinski definition) is 5. The van der Waals surface area contributed by atoms with Crippen molar-refractivity contribution >= 4 is 34.7 Å². The summed E-state index contributed by atoms with van der Waals surface area (Å²) in [6.45, 7) is 0.0981. The maximum Gasteiger partial charge on any atom is 0.265 e. The second-order valence-corrected chi connectivity index (χ2v) is 8.65. The number of ether oxygens (including phenoxy) is 1. The SMILES string of the molecule is O=C(CN(Cc1cccs1)C(=O)CN1C(=O)COc2ccccc21)NC1CCCC1. The van der Waals surface area contributed by atoms with Crippen LogP contribution in [-0.4, -0.2) is 48.4 Å². The van der Waals surface area contributed by atoms with E-state index < -0.39 is 0 Å². The van der Waals surface area contributed by atoms with E-state index in [0.29, 0.717) is 18.0 Å². The molecule has 0 saturated heterocycles. The van der Waals surface area contributed by atoms with Gasteiger partial charge in [-0.05, 0) is 36.4 Å². The lowest BCUT2D eigenvalue weighted by atomic mass is 10.2. The Morgan fingerprint density at radius 2 is 1.97 bits per heavy atom. The summed E-state index contributed by atoms with van der Waals surface area (Å²) in [5.74, 6) is -0.113. The summed E-state index contributed by atoms with van der Waals surface area (Å²) in [4.78, 5) is 42.2. The van der Waals surface area contributed by atoms with Crippen molar-refractivity contribution in [2.24, 2.45) is 0 Å². The van der Waals surface area contributed by atoms with Crippen molar-refractivity contribution in [3.63, 3.8) is 0 Å². The van der Waals surface area contributed by atoms with Crippen LogP contribution in [0.25, 0.3) is 0 Å². The van der Waals surface area contributed by atoms with Gasteiger partial charge in [0, 0.05) is 10.9 Å². The molecule has 30 heavy (non-hydrogen) atoms. The maximum atomic E-state index is 13.2. The van der Waals surface area contributed by atoms with Gasteiger partial charge in [0.1, 0.15) is 12.3 Å². The Hall–Kier alpha value is -2.87. The van der Waals surface area contributed by atoms with E-state index >= 15 is 0 Å². The van der Waals surface area contributed by atoms with E-state index in [2.05, 4.69) is 5.32 Å². The number of fused-ring (bicyclic) bond motifs is 1. The molecule has 1 aromatic heterocycles. The number of carbonyl (C=O) groups is 3. The van der Waals surface area contributed by atoms with Crippen LogP contribution in [0.3, 0.4) is 0 Å². The number of nitrogens with zero attached hydrogens (tertiary/aromatic N) is 2. The van der Waals surface area contributed by atoms with Crippen molar-refractivity contribution in [1.29, 1.82) is 0 Å². The number of anilines is 1. The Morgan fingerprint density at radius 1 is 1.17 bits per heavy atom. The van der Waals surface area contributed by atoms with Crippen LogP contribution in [0.2, 0.25) is 0 Å². The average Bonchev–Trinajstić information content (AvgIpc) is 3.44. The van der Waals surface area contributed by atoms with E-state index in [1.54, 1.807) is 18.2 Å². The quantitative estimate of drug-likeness (QED) is 0.737. The van der Waals surface area contributed by atoms with Crippen LogP contribution in [0.5, 0.6) is 5.75 Å². The lowest BCUT2D eigenvalue weighted by Crippen LogP contribution is -2.49. The van der Waals surface area contributed by atoms with Crippen molar-refractivity contribution in [3.8, 4) is 5.75 Å². The molecule has 1 aromatic carbocycles. The van der Waals surface area contributed by atoms with Crippen molar-refractivity contribution in [1.82, 2.24) is 10.2 Å². The van der Waals surface area contributed by atoms with Crippen LogP contribution in [0.4, 0.5) is 5.69 Å². The number of thiophene rings is 1. The molecule has 1 aliphatic heterocycles. The number of rotatable bonds is 7. The zero-order valence-electron chi connectivity index (χ0n) is 16.7. The van der Waals surface area contributed by atoms with Crippen LogP contribution in [0.15, 0.2) is 41.8 Å². The van der Waals surface area contributed by atoms with Gasteiger partial charge >= 0.3 is 0 Å². The number of carbonyl (C=O) groups excluding carboxylic acids is 3. The third kappa shape index (κ3) is 4.81. The third-order valence-electron chi connectivity index (χ3n) is 5.44. The fourth-order valence-electron chi connectivity index (χ4n) is 3.90. The molecule has 2 aliphatic rings. The van der Waals surface area contributed by atoms with E-state index in [0.717, 1.165) is 30.6 Å². The van der Waals surface area contributed by atoms with Gasteiger partial charge in [-0.15, -0.1) is 11.3 Å². The van der Waals surface area contributed by atoms with E-state index in [1.165, 1.54) is 21.1 Å². The number of amides is 3. The second-order valence-electron chi connectivity index (χ2n) is 7.61. The van der Waals surface area contributed by atoms with E-state index in [-0.39, 0.29) is 43.5 Å². The van der Waals surface area contributed by atoms with Gasteiger partial charge in [0.2, 0.25) is 11.8 Å². The van der Waals surface area contributed by atoms with Gasteiger partial charge in [0.25, 0.3) is 5.91 Å². The summed E-state index contributed by atoms with van der Waals surface area (Å²) < 4.78 is 5.45. The van der Waals surface area contributed by atoms with Crippen molar-refractivity contribution in [2.75, 3.05) is 24.6 Å². The van der Waals surface area contributed by atoms with Crippen molar-refractivity contribution in [3.05, 3.63) is 46.7 Å². The average molecular weight is 428 g/mol. The van der Waals surface area contributed by atoms with Crippen LogP contribution in [-0.2, 0) is 20.9 Å². The Balaban J connectivity index is 1.47. The molecule has 0 atom stereocenters. The molecule has 1 aliphatic carbocycles. The zero-order chi connectivity index (χ0) is 20.9. The fraction of sp³-hybridized carbons (Fsp3) is 0.409. The molecule has 1 N–H and O–H groups in total. The molecule has 8 heteroatoms. The summed E-state index contributed by atoms with van der Waals surface area (Å²) in [6, 6.07) is 11.2. The van der Waals surface area contributed by atoms with Crippen LogP contribution in [0, 0.1) is 0 Å². The molecule has 4 rings (SSSR count). The molecular weight excluding hydrogens is 402 g/mol. The monoisotopic (exact) mass is 427 g/mol. The van der Waals surface area contributed by atoms with Gasteiger partial charge in [-0.1, -0.05) is 31.0 Å². The molecule has 2 aromatic rings. The molecule has 2 heterocycles. The first-order valence-corrected chi connectivity index (χ1v) is 11.1. The van der Waals surface area contributed by atoms with Gasteiger partial charge in [-0.2, -0.15) is 0 Å². The molecule has 0 spiro atoms. The van der Waals surface area contributed by atoms with Gasteiger partial charge in [0.15, 0.2) is 6.61 Å². The van der Waals surface area contributed by atoms with Crippen molar-refractivity contribution < 1.29 is 19.1 Å². The molecule has 0 radical (unpaired) electrons. The normalized spacial score (nSPS) is 16.1. The first kappa shape index (κ1) is 20.4. The maximum absolute atomic E-state index is 13.2. The standard InChI is InChI=1S/C22H25N3O4S/c26-20(23-16-6-1-2-7-16)13-24(12-17-8-5-11-30-17)21(27)14-25-18-9-3-4-10-19(18)29-15-22(25)28/h3-5,8-11,16H,1-2,6-7,12-15H2,(H,23,26). The lowest BCUT2D eigenvalue weighted by Gasteiger charge is -2.31. The first-order valence-electron chi connectivity index (χ1n) is 10.2. The minimum absolute atomic E-state index is 0.0204. The molecule has 158 valence electrons. The summed E-state index contributed by atoms with van der Waals surface area (Å²) >= 11 is 1.54. The highest BCUT2D eigenvalue weighted by Crippen LogP contribution is 2.31. The van der Waals surface area contributed by atoms with Gasteiger partial charge < -0.3 is 15.0 Å². The second kappa shape index (κ2) is 9.30. The number of nitrogens with one attached hydrogen (secondary N) is 1. The van der Waals surface area contributed by atoms with E-state index in [9.17, 15) is 14.4 Å². The summed E-state index contributed by atoms with van der Waals surface area (Å²) in [5.41, 5.74) is 0.577. The summed E-state index contributed by atoms with van der Waals surface area (Å²) in [7, 11) is 0. The highest BCUT2D eigenvalue weighted by molar-refractivity contribution is 7.09. The predicted octanol–water partition coefficient (Wildman–Crippen LogP) is 2.56. The predicted molar refractivity (Wildman–Crippen MR) is 114 cm³/mol. The van der Waals surface area contributed by atoms with Gasteiger partial charge in [-0.25, -0.2) is 0 Å². The molecule has 0 bridgehead atoms. The smallest absolute Gasteiger partial charge is 0.265 e. The van der Waals surface area contributed by atoms with Crippen molar-refractivity contribution in [2.45, 2.75) is 38.3 Å². The fourth-order valence-corrected chi connectivity index (χ4v) is 4.62. The molecule has 7 nitrogen and oxygen atoms in total. The van der Waals surface area contributed by atoms with E-state index in [4.69, 9.17) is 4.74 Å². The van der Waals surface area contributed by atoms with Crippen LogP contribution in [0.1, 0.15) is 30.6 Å². The van der Waals surface area contributed by atoms with Gasteiger partial charge in [-0.3, -0.25) is 19.3 Å².